The van der Waals surface area contributed by atoms with Gasteiger partial charge in [0.25, 0.3) is 0 Å². The molecule has 0 aliphatic carbocycles. The molecule has 4 rings (SSSR count). The molecule has 1 fully saturated rings. The number of halogens is 2. The highest BCUT2D eigenvalue weighted by atomic mass is 35.5. The summed E-state index contributed by atoms with van der Waals surface area (Å²) in [6.07, 6.45) is 0.247. The van der Waals surface area contributed by atoms with E-state index in [2.05, 4.69) is 10.3 Å². The molecule has 1 heterocycles. The normalized spacial score (nSPS) is 16.4. The average molecular weight is 554 g/mol. The topological polar surface area (TPSA) is 88.1 Å². The van der Waals surface area contributed by atoms with Gasteiger partial charge in [0.15, 0.2) is 5.17 Å². The Kier molecular flexibility index (Phi) is 9.15. The van der Waals surface area contributed by atoms with Gasteiger partial charge in [-0.05, 0) is 73.5 Å². The molecule has 1 N–H and O–H groups in total. The zero-order chi connectivity index (χ0) is 27.1. The second-order valence-electron chi connectivity index (χ2n) is 8.36. The van der Waals surface area contributed by atoms with Crippen molar-refractivity contribution in [1.82, 2.24) is 4.90 Å². The number of nitrogens with zero attached hydrogens (tertiary/aromatic N) is 2. The summed E-state index contributed by atoms with van der Waals surface area (Å²) in [5, 5.41) is 2.95. The van der Waals surface area contributed by atoms with Crippen LogP contribution in [0.15, 0.2) is 77.8 Å². The predicted molar refractivity (Wildman–Crippen MR) is 147 cm³/mol. The van der Waals surface area contributed by atoms with Crippen LogP contribution < -0.4 is 5.32 Å². The van der Waals surface area contributed by atoms with Crippen LogP contribution in [0.4, 0.5) is 15.8 Å². The van der Waals surface area contributed by atoms with Crippen molar-refractivity contribution in [1.29, 1.82) is 0 Å². The van der Waals surface area contributed by atoms with Gasteiger partial charge in [-0.3, -0.25) is 14.5 Å². The Bertz CT molecular complexity index is 1350. The second kappa shape index (κ2) is 12.7. The first-order chi connectivity index (χ1) is 18.3. The summed E-state index contributed by atoms with van der Waals surface area (Å²) in [7, 11) is 0. The van der Waals surface area contributed by atoms with Gasteiger partial charge >= 0.3 is 5.97 Å². The van der Waals surface area contributed by atoms with E-state index < -0.39 is 11.2 Å². The largest absolute Gasteiger partial charge is 0.462 e. The molecule has 0 aromatic heterocycles. The van der Waals surface area contributed by atoms with Crippen LogP contribution in [0.1, 0.15) is 29.3 Å². The number of carbonyl (C=O) groups excluding carboxylic acids is 3. The van der Waals surface area contributed by atoms with Gasteiger partial charge in [-0.25, -0.2) is 14.2 Å². The number of aliphatic imine (C=N–C) groups is 1. The molecule has 1 atom stereocenters. The van der Waals surface area contributed by atoms with Crippen molar-refractivity contribution in [3.8, 4) is 0 Å². The fourth-order valence-electron chi connectivity index (χ4n) is 3.75. The zero-order valence-electron chi connectivity index (χ0n) is 20.5. The van der Waals surface area contributed by atoms with E-state index >= 15 is 0 Å². The Morgan fingerprint density at radius 2 is 1.82 bits per heavy atom. The molecule has 38 heavy (non-hydrogen) atoms. The van der Waals surface area contributed by atoms with Crippen LogP contribution >= 0.6 is 23.4 Å². The van der Waals surface area contributed by atoms with Crippen molar-refractivity contribution < 1.29 is 23.5 Å². The van der Waals surface area contributed by atoms with Crippen molar-refractivity contribution in [3.05, 3.63) is 94.8 Å². The maximum Gasteiger partial charge on any atom is 0.338 e. The second-order valence-corrected chi connectivity index (χ2v) is 9.96. The molecule has 196 valence electrons. The lowest BCUT2D eigenvalue weighted by Gasteiger charge is -2.32. The van der Waals surface area contributed by atoms with Crippen LogP contribution in [0.25, 0.3) is 0 Å². The summed E-state index contributed by atoms with van der Waals surface area (Å²) in [4.78, 5) is 44.2. The number of carbonyl (C=O) groups is 3. The van der Waals surface area contributed by atoms with Crippen LogP contribution in [0.2, 0.25) is 5.02 Å². The average Bonchev–Trinajstić information content (AvgIpc) is 2.91. The van der Waals surface area contributed by atoms with Crippen LogP contribution in [-0.2, 0) is 20.7 Å². The Morgan fingerprint density at radius 3 is 2.50 bits per heavy atom. The molecule has 1 aliphatic rings. The summed E-state index contributed by atoms with van der Waals surface area (Å²) in [5.74, 6) is -1.44. The number of nitrogens with one attached hydrogen (secondary N) is 1. The highest BCUT2D eigenvalue weighted by Crippen LogP contribution is 2.30. The molecule has 0 radical (unpaired) electrons. The lowest BCUT2D eigenvalue weighted by molar-refractivity contribution is -0.129. The van der Waals surface area contributed by atoms with Crippen molar-refractivity contribution >= 4 is 57.7 Å². The highest BCUT2D eigenvalue weighted by molar-refractivity contribution is 8.15. The standard InChI is InChI=1S/C28H25ClFN3O4S/c1-2-37-27(36)19-7-11-21(12-8-19)31-26(35)24-17-25(34)33(16-15-18-5-3-4-6-23(18)30)28(38-24)32-22-13-9-20(29)10-14-22/h3-14,24H,2,15-17H2,1H3,(H,31,35). The molecular formula is C28H25ClFN3O4S. The molecule has 3 aromatic carbocycles. The minimum absolute atomic E-state index is 0.0473. The van der Waals surface area contributed by atoms with E-state index in [0.29, 0.717) is 39.1 Å². The molecular weight excluding hydrogens is 529 g/mol. The van der Waals surface area contributed by atoms with E-state index in [1.165, 1.54) is 22.7 Å². The predicted octanol–water partition coefficient (Wildman–Crippen LogP) is 5.86. The van der Waals surface area contributed by atoms with Crippen molar-refractivity contribution in [2.75, 3.05) is 18.5 Å². The van der Waals surface area contributed by atoms with Crippen LogP contribution in [0, 0.1) is 5.82 Å². The molecule has 0 bridgehead atoms. The molecule has 1 aliphatic heterocycles. The molecule has 0 saturated carbocycles. The molecule has 10 heteroatoms. The van der Waals surface area contributed by atoms with Gasteiger partial charge < -0.3 is 10.1 Å². The Labute approximate surface area is 229 Å². The van der Waals surface area contributed by atoms with E-state index in [9.17, 15) is 18.8 Å². The van der Waals surface area contributed by atoms with Gasteiger partial charge in [-0.15, -0.1) is 0 Å². The Morgan fingerprint density at radius 1 is 1.11 bits per heavy atom. The lowest BCUT2D eigenvalue weighted by atomic mass is 10.1. The number of anilines is 1. The lowest BCUT2D eigenvalue weighted by Crippen LogP contribution is -2.46. The first-order valence-electron chi connectivity index (χ1n) is 12.0. The van der Waals surface area contributed by atoms with E-state index in [-0.39, 0.29) is 37.2 Å². The van der Waals surface area contributed by atoms with Gasteiger partial charge in [0.2, 0.25) is 11.8 Å². The number of amidine groups is 1. The summed E-state index contributed by atoms with van der Waals surface area (Å²) >= 11 is 7.16. The number of hydrogen-bond acceptors (Lipinski definition) is 6. The first-order valence-corrected chi connectivity index (χ1v) is 13.2. The third-order valence-corrected chi connectivity index (χ3v) is 7.15. The van der Waals surface area contributed by atoms with Gasteiger partial charge in [-0.2, -0.15) is 0 Å². The summed E-state index contributed by atoms with van der Waals surface area (Å²) < 4.78 is 19.1. The van der Waals surface area contributed by atoms with Gasteiger partial charge in [0.05, 0.1) is 17.9 Å². The Balaban J connectivity index is 1.51. The number of esters is 1. The number of benzene rings is 3. The Hall–Kier alpha value is -3.69. The minimum atomic E-state index is -0.733. The van der Waals surface area contributed by atoms with E-state index in [1.807, 2.05) is 0 Å². The highest BCUT2D eigenvalue weighted by Gasteiger charge is 2.36. The fourth-order valence-corrected chi connectivity index (χ4v) is 5.00. The van der Waals surface area contributed by atoms with Crippen LogP contribution in [-0.4, -0.2) is 46.3 Å². The molecule has 3 aromatic rings. The van der Waals surface area contributed by atoms with Crippen molar-refractivity contribution in [2.45, 2.75) is 25.0 Å². The SMILES string of the molecule is CCOC(=O)c1ccc(NC(=O)C2CC(=O)N(CCc3ccccc3F)C(=Nc3ccc(Cl)cc3)S2)cc1. The van der Waals surface area contributed by atoms with E-state index in [1.54, 1.807) is 73.7 Å². The summed E-state index contributed by atoms with van der Waals surface area (Å²) in [6, 6.07) is 19.5. The van der Waals surface area contributed by atoms with E-state index in [0.717, 1.165) is 0 Å². The third-order valence-electron chi connectivity index (χ3n) is 5.71. The van der Waals surface area contributed by atoms with Gasteiger partial charge in [-0.1, -0.05) is 41.6 Å². The number of thioether (sulfide) groups is 1. The quantitative estimate of drug-likeness (QED) is 0.353. The zero-order valence-corrected chi connectivity index (χ0v) is 22.1. The van der Waals surface area contributed by atoms with E-state index in [4.69, 9.17) is 16.3 Å². The molecule has 2 amide bonds. The van der Waals surface area contributed by atoms with Crippen LogP contribution in [0.5, 0.6) is 0 Å². The fraction of sp³-hybridized carbons (Fsp3) is 0.214. The van der Waals surface area contributed by atoms with Crippen LogP contribution in [0.3, 0.4) is 0 Å². The third kappa shape index (κ3) is 6.99. The molecule has 7 nitrogen and oxygen atoms in total. The number of ether oxygens (including phenoxy) is 1. The summed E-state index contributed by atoms with van der Waals surface area (Å²) in [6.45, 7) is 2.20. The minimum Gasteiger partial charge on any atom is -0.462 e. The van der Waals surface area contributed by atoms with Gasteiger partial charge in [0.1, 0.15) is 11.1 Å². The number of hydrogen-bond donors (Lipinski definition) is 1. The maximum absolute atomic E-state index is 14.2. The van der Waals surface area contributed by atoms with Gasteiger partial charge in [0, 0.05) is 23.7 Å². The maximum atomic E-state index is 14.2. The number of rotatable bonds is 8. The van der Waals surface area contributed by atoms with Crippen molar-refractivity contribution in [3.63, 3.8) is 0 Å². The molecule has 0 spiro atoms. The number of amides is 2. The first kappa shape index (κ1) is 27.3. The molecule has 1 unspecified atom stereocenters. The smallest absolute Gasteiger partial charge is 0.338 e. The molecule has 1 saturated heterocycles. The van der Waals surface area contributed by atoms with Crippen molar-refractivity contribution in [2.24, 2.45) is 4.99 Å². The monoisotopic (exact) mass is 553 g/mol. The summed E-state index contributed by atoms with van der Waals surface area (Å²) in [5.41, 5.74) is 1.91.